The van der Waals surface area contributed by atoms with Crippen molar-refractivity contribution < 1.29 is 14.3 Å². The zero-order chi connectivity index (χ0) is 23.0. The van der Waals surface area contributed by atoms with Gasteiger partial charge in [0.1, 0.15) is 5.75 Å². The second kappa shape index (κ2) is 10.1. The molecule has 0 saturated carbocycles. The number of carbonyl (C=O) groups is 2. The van der Waals surface area contributed by atoms with Crippen LogP contribution in [0.15, 0.2) is 113 Å². The summed E-state index contributed by atoms with van der Waals surface area (Å²) in [7, 11) is 1.47. The summed E-state index contributed by atoms with van der Waals surface area (Å²) in [6, 6.07) is 27.5. The van der Waals surface area contributed by atoms with Gasteiger partial charge in [-0.2, -0.15) is 0 Å². The molecule has 0 saturated heterocycles. The van der Waals surface area contributed by atoms with Crippen LogP contribution in [0.5, 0.6) is 5.75 Å². The summed E-state index contributed by atoms with van der Waals surface area (Å²) in [4.78, 5) is 32.1. The van der Waals surface area contributed by atoms with Crippen molar-refractivity contribution in [3.8, 4) is 5.75 Å². The van der Waals surface area contributed by atoms with Crippen molar-refractivity contribution in [2.75, 3.05) is 12.0 Å². The molecule has 162 valence electrons. The lowest BCUT2D eigenvalue weighted by molar-refractivity contribution is 0.0896. The highest BCUT2D eigenvalue weighted by molar-refractivity contribution is 6.26. The second-order valence-electron chi connectivity index (χ2n) is 6.92. The highest BCUT2D eigenvalue weighted by Gasteiger charge is 2.28. The molecule has 4 rings (SSSR count). The van der Waals surface area contributed by atoms with Crippen LogP contribution < -0.4 is 9.64 Å². The molecule has 7 nitrogen and oxygen atoms in total. The summed E-state index contributed by atoms with van der Waals surface area (Å²) in [6.07, 6.45) is 1.63. The van der Waals surface area contributed by atoms with Gasteiger partial charge in [-0.15, -0.1) is 10.2 Å². The highest BCUT2D eigenvalue weighted by atomic mass is 16.5. The second-order valence-corrected chi connectivity index (χ2v) is 6.92. The van der Waals surface area contributed by atoms with E-state index >= 15 is 0 Å². The summed E-state index contributed by atoms with van der Waals surface area (Å²) in [5.74, 6) is -0.169. The third kappa shape index (κ3) is 4.99. The molecular weight excluding hydrogens is 416 g/mol. The van der Waals surface area contributed by atoms with E-state index in [-0.39, 0.29) is 0 Å². The molecule has 0 aliphatic heterocycles. The van der Waals surface area contributed by atoms with Crippen molar-refractivity contribution >= 4 is 29.0 Å². The van der Waals surface area contributed by atoms with Crippen LogP contribution in [0.3, 0.4) is 0 Å². The van der Waals surface area contributed by atoms with Gasteiger partial charge in [-0.05, 0) is 48.5 Å². The SMILES string of the molecule is COc1cc(N=Nc2ccccn2)ccc1N(C(=O)c1ccccc1)C(=O)c1ccccc1. The highest BCUT2D eigenvalue weighted by Crippen LogP contribution is 2.34. The van der Waals surface area contributed by atoms with E-state index in [2.05, 4.69) is 15.2 Å². The zero-order valence-electron chi connectivity index (χ0n) is 17.8. The molecule has 7 heteroatoms. The maximum Gasteiger partial charge on any atom is 0.265 e. The average molecular weight is 436 g/mol. The van der Waals surface area contributed by atoms with Gasteiger partial charge in [0.25, 0.3) is 11.8 Å². The molecule has 33 heavy (non-hydrogen) atoms. The van der Waals surface area contributed by atoms with Crippen molar-refractivity contribution in [2.45, 2.75) is 0 Å². The summed E-state index contributed by atoms with van der Waals surface area (Å²) in [6.45, 7) is 0. The number of rotatable bonds is 6. The van der Waals surface area contributed by atoms with Gasteiger partial charge in [0.2, 0.25) is 0 Å². The summed E-state index contributed by atoms with van der Waals surface area (Å²) in [5, 5.41) is 8.29. The number of pyridine rings is 1. The lowest BCUT2D eigenvalue weighted by atomic mass is 10.1. The standard InChI is InChI=1S/C26H20N4O3/c1-33-23-18-21(28-29-24-14-8-9-17-27-24)15-16-22(23)30(25(31)19-10-4-2-5-11-19)26(32)20-12-6-3-7-13-20/h2-18H,1H3. The summed E-state index contributed by atoms with van der Waals surface area (Å²) in [5.41, 5.74) is 1.54. The number of hydrogen-bond donors (Lipinski definition) is 0. The van der Waals surface area contributed by atoms with Crippen LogP contribution in [-0.2, 0) is 0 Å². The number of amides is 2. The molecule has 3 aromatic carbocycles. The number of aromatic nitrogens is 1. The van der Waals surface area contributed by atoms with Gasteiger partial charge in [-0.25, -0.2) is 9.88 Å². The zero-order valence-corrected chi connectivity index (χ0v) is 17.8. The van der Waals surface area contributed by atoms with Gasteiger partial charge in [-0.3, -0.25) is 9.59 Å². The molecule has 0 fully saturated rings. The monoisotopic (exact) mass is 436 g/mol. The first-order valence-corrected chi connectivity index (χ1v) is 10.2. The van der Waals surface area contributed by atoms with E-state index in [0.717, 1.165) is 4.90 Å². The Hall–Kier alpha value is -4.65. The largest absolute Gasteiger partial charge is 0.494 e. The molecule has 0 N–H and O–H groups in total. The minimum atomic E-state index is -0.467. The normalized spacial score (nSPS) is 10.7. The van der Waals surface area contributed by atoms with Crippen LogP contribution in [0, 0.1) is 0 Å². The molecule has 0 bridgehead atoms. The molecule has 0 aliphatic rings. The van der Waals surface area contributed by atoms with E-state index in [1.54, 1.807) is 85.1 Å². The number of carbonyl (C=O) groups excluding carboxylic acids is 2. The van der Waals surface area contributed by atoms with Gasteiger partial charge in [0, 0.05) is 23.4 Å². The Morgan fingerprint density at radius 1 is 0.758 bits per heavy atom. The molecule has 0 radical (unpaired) electrons. The van der Waals surface area contributed by atoms with Gasteiger partial charge in [0.05, 0.1) is 18.5 Å². The van der Waals surface area contributed by atoms with E-state index in [1.807, 2.05) is 18.2 Å². The fourth-order valence-corrected chi connectivity index (χ4v) is 3.17. The smallest absolute Gasteiger partial charge is 0.265 e. The Kier molecular flexibility index (Phi) is 6.61. The van der Waals surface area contributed by atoms with Crippen molar-refractivity contribution in [1.29, 1.82) is 0 Å². The molecule has 1 aromatic heterocycles. The van der Waals surface area contributed by atoms with E-state index in [0.29, 0.717) is 34.1 Å². The van der Waals surface area contributed by atoms with Gasteiger partial charge in [0.15, 0.2) is 5.82 Å². The van der Waals surface area contributed by atoms with Crippen LogP contribution in [0.2, 0.25) is 0 Å². The molecule has 2 amide bonds. The lowest BCUT2D eigenvalue weighted by Crippen LogP contribution is -2.37. The summed E-state index contributed by atoms with van der Waals surface area (Å²) >= 11 is 0. The van der Waals surface area contributed by atoms with Gasteiger partial charge in [-0.1, -0.05) is 42.5 Å². The number of azo groups is 1. The fourth-order valence-electron chi connectivity index (χ4n) is 3.17. The Morgan fingerprint density at radius 2 is 1.36 bits per heavy atom. The van der Waals surface area contributed by atoms with Crippen molar-refractivity contribution in [2.24, 2.45) is 10.2 Å². The van der Waals surface area contributed by atoms with E-state index < -0.39 is 11.8 Å². The first kappa shape index (κ1) is 21.6. The van der Waals surface area contributed by atoms with Crippen LogP contribution >= 0.6 is 0 Å². The number of imide groups is 1. The van der Waals surface area contributed by atoms with Crippen molar-refractivity contribution in [1.82, 2.24) is 4.98 Å². The van der Waals surface area contributed by atoms with Gasteiger partial charge >= 0.3 is 0 Å². The molecule has 0 atom stereocenters. The predicted octanol–water partition coefficient (Wildman–Crippen LogP) is 5.99. The third-order valence-electron chi connectivity index (χ3n) is 4.77. The number of nitrogens with zero attached hydrogens (tertiary/aromatic N) is 4. The molecule has 4 aromatic rings. The molecule has 0 spiro atoms. The van der Waals surface area contributed by atoms with E-state index in [4.69, 9.17) is 4.74 Å². The Labute approximate surface area is 191 Å². The van der Waals surface area contributed by atoms with Crippen LogP contribution in [-0.4, -0.2) is 23.9 Å². The maximum atomic E-state index is 13.4. The number of benzene rings is 3. The average Bonchev–Trinajstić information content (AvgIpc) is 2.89. The Balaban J connectivity index is 1.75. The minimum absolute atomic E-state index is 0.303. The van der Waals surface area contributed by atoms with Crippen LogP contribution in [0.4, 0.5) is 17.2 Å². The topological polar surface area (TPSA) is 84.2 Å². The van der Waals surface area contributed by atoms with E-state index in [1.165, 1.54) is 7.11 Å². The maximum absolute atomic E-state index is 13.4. The molecule has 0 unspecified atom stereocenters. The number of ether oxygens (including phenoxy) is 1. The number of methoxy groups -OCH3 is 1. The van der Waals surface area contributed by atoms with Gasteiger partial charge < -0.3 is 4.74 Å². The quantitative estimate of drug-likeness (QED) is 0.274. The molecule has 1 heterocycles. The lowest BCUT2D eigenvalue weighted by Gasteiger charge is -2.23. The van der Waals surface area contributed by atoms with Crippen molar-refractivity contribution in [3.63, 3.8) is 0 Å². The Bertz CT molecular complexity index is 1230. The first-order valence-electron chi connectivity index (χ1n) is 10.2. The van der Waals surface area contributed by atoms with Crippen LogP contribution in [0.25, 0.3) is 0 Å². The van der Waals surface area contributed by atoms with Crippen LogP contribution in [0.1, 0.15) is 20.7 Å². The number of anilines is 1. The summed E-state index contributed by atoms with van der Waals surface area (Å²) < 4.78 is 5.53. The molecular formula is C26H20N4O3. The predicted molar refractivity (Wildman–Crippen MR) is 125 cm³/mol. The Morgan fingerprint density at radius 3 is 1.91 bits per heavy atom. The third-order valence-corrected chi connectivity index (χ3v) is 4.77. The first-order chi connectivity index (χ1) is 16.2. The number of hydrogen-bond acceptors (Lipinski definition) is 6. The fraction of sp³-hybridized carbons (Fsp3) is 0.0385. The molecule has 0 aliphatic carbocycles. The minimum Gasteiger partial charge on any atom is -0.494 e. The van der Waals surface area contributed by atoms with Crippen molar-refractivity contribution in [3.05, 3.63) is 114 Å². The van der Waals surface area contributed by atoms with E-state index in [9.17, 15) is 9.59 Å².